The number of H-pyrrole nitrogens is 1. The predicted octanol–water partition coefficient (Wildman–Crippen LogP) is 2.72. The summed E-state index contributed by atoms with van der Waals surface area (Å²) in [6, 6.07) is 0.510. The van der Waals surface area contributed by atoms with Crippen LogP contribution in [0.2, 0.25) is 0 Å². The molecule has 0 unspecified atom stereocenters. The van der Waals surface area contributed by atoms with Gasteiger partial charge in [-0.1, -0.05) is 25.3 Å². The van der Waals surface area contributed by atoms with E-state index in [1.807, 2.05) is 13.1 Å². The summed E-state index contributed by atoms with van der Waals surface area (Å²) < 4.78 is 0. The molecule has 0 bridgehead atoms. The van der Waals surface area contributed by atoms with Crippen molar-refractivity contribution in [2.45, 2.75) is 38.1 Å². The molecule has 21 heavy (non-hydrogen) atoms. The van der Waals surface area contributed by atoms with Crippen molar-refractivity contribution in [2.75, 3.05) is 23.8 Å². The van der Waals surface area contributed by atoms with Crippen molar-refractivity contribution in [3.05, 3.63) is 19.0 Å². The minimum Gasteiger partial charge on any atom is -0.357 e. The lowest BCUT2D eigenvalue weighted by Gasteiger charge is -2.34. The first-order chi connectivity index (χ1) is 10.3. The second-order valence-electron chi connectivity index (χ2n) is 5.45. The number of aromatic nitrogens is 4. The molecular weight excluding hydrogens is 264 g/mol. The molecule has 1 aliphatic rings. The number of imidazole rings is 1. The van der Waals surface area contributed by atoms with Crippen LogP contribution in [0.4, 0.5) is 11.8 Å². The lowest BCUT2D eigenvalue weighted by Crippen LogP contribution is -2.38. The Morgan fingerprint density at radius 2 is 2.19 bits per heavy atom. The normalized spacial score (nSPS) is 16.0. The van der Waals surface area contributed by atoms with Crippen LogP contribution in [-0.4, -0.2) is 39.6 Å². The van der Waals surface area contributed by atoms with Gasteiger partial charge in [0.1, 0.15) is 0 Å². The van der Waals surface area contributed by atoms with E-state index in [9.17, 15) is 0 Å². The average molecular weight is 286 g/mol. The third kappa shape index (κ3) is 2.70. The number of nitrogens with one attached hydrogen (secondary N) is 2. The van der Waals surface area contributed by atoms with Crippen molar-refractivity contribution in [3.8, 4) is 0 Å². The molecule has 2 aromatic rings. The highest BCUT2D eigenvalue weighted by atomic mass is 15.3. The van der Waals surface area contributed by atoms with Gasteiger partial charge in [-0.2, -0.15) is 9.97 Å². The van der Waals surface area contributed by atoms with Crippen molar-refractivity contribution < 1.29 is 0 Å². The summed E-state index contributed by atoms with van der Waals surface area (Å²) in [5, 5.41) is 3.03. The van der Waals surface area contributed by atoms with E-state index in [2.05, 4.69) is 36.7 Å². The second kappa shape index (κ2) is 6.11. The van der Waals surface area contributed by atoms with E-state index in [-0.39, 0.29) is 0 Å². The lowest BCUT2D eigenvalue weighted by atomic mass is 9.94. The maximum Gasteiger partial charge on any atom is 0.226 e. The molecular formula is C15H22N6. The van der Waals surface area contributed by atoms with Crippen molar-refractivity contribution in [3.63, 3.8) is 0 Å². The summed E-state index contributed by atoms with van der Waals surface area (Å²) in [5.74, 6) is 1.52. The first-order valence-electron chi connectivity index (χ1n) is 7.60. The fourth-order valence-corrected chi connectivity index (χ4v) is 3.07. The highest BCUT2D eigenvalue weighted by Crippen LogP contribution is 2.30. The molecule has 1 saturated carbocycles. The maximum atomic E-state index is 4.66. The standard InChI is InChI=1S/C15H22N6/c1-3-9-21(11-7-5-4-6-8-11)14-12-13(18-10-17-12)19-15(16-2)20-14/h3,10-11H,1,4-9H2,2H3,(H2,16,17,18,19,20). The van der Waals surface area contributed by atoms with E-state index in [0.29, 0.717) is 12.0 Å². The summed E-state index contributed by atoms with van der Waals surface area (Å²) in [5.41, 5.74) is 1.61. The Kier molecular flexibility index (Phi) is 4.03. The number of hydrogen-bond donors (Lipinski definition) is 2. The Morgan fingerprint density at radius 3 is 2.90 bits per heavy atom. The molecule has 0 saturated heterocycles. The fourth-order valence-electron chi connectivity index (χ4n) is 3.07. The van der Waals surface area contributed by atoms with Gasteiger partial charge < -0.3 is 15.2 Å². The second-order valence-corrected chi connectivity index (χ2v) is 5.45. The van der Waals surface area contributed by atoms with Gasteiger partial charge in [-0.3, -0.25) is 0 Å². The van der Waals surface area contributed by atoms with E-state index in [1.54, 1.807) is 6.33 Å². The van der Waals surface area contributed by atoms with E-state index >= 15 is 0 Å². The SMILES string of the molecule is C=CCN(c1nc(NC)nc2[nH]cnc12)C1CCCCC1. The number of anilines is 2. The molecule has 2 N–H and O–H groups in total. The third-order valence-electron chi connectivity index (χ3n) is 4.10. The molecule has 0 amide bonds. The number of aromatic amines is 1. The Balaban J connectivity index is 2.04. The zero-order valence-corrected chi connectivity index (χ0v) is 12.5. The van der Waals surface area contributed by atoms with Gasteiger partial charge in [0.15, 0.2) is 17.0 Å². The van der Waals surface area contributed by atoms with Crippen LogP contribution in [0.5, 0.6) is 0 Å². The van der Waals surface area contributed by atoms with Crippen LogP contribution in [0, 0.1) is 0 Å². The topological polar surface area (TPSA) is 69.7 Å². The first kappa shape index (κ1) is 13.9. The molecule has 0 atom stereocenters. The number of fused-ring (bicyclic) bond motifs is 1. The molecule has 3 rings (SSSR count). The predicted molar refractivity (Wildman–Crippen MR) is 85.6 cm³/mol. The molecule has 1 aliphatic carbocycles. The Labute approximate surface area is 124 Å². The minimum absolute atomic E-state index is 0.510. The van der Waals surface area contributed by atoms with Crippen LogP contribution in [0.1, 0.15) is 32.1 Å². The highest BCUT2D eigenvalue weighted by molar-refractivity contribution is 5.84. The van der Waals surface area contributed by atoms with Crippen LogP contribution in [0.3, 0.4) is 0 Å². The monoisotopic (exact) mass is 286 g/mol. The van der Waals surface area contributed by atoms with E-state index in [1.165, 1.54) is 32.1 Å². The van der Waals surface area contributed by atoms with Crippen molar-refractivity contribution in [2.24, 2.45) is 0 Å². The van der Waals surface area contributed by atoms with Crippen LogP contribution >= 0.6 is 0 Å². The van der Waals surface area contributed by atoms with Crippen molar-refractivity contribution in [1.82, 2.24) is 19.9 Å². The summed E-state index contributed by atoms with van der Waals surface area (Å²) in [4.78, 5) is 18.9. The molecule has 0 aromatic carbocycles. The van der Waals surface area contributed by atoms with Crippen molar-refractivity contribution in [1.29, 1.82) is 0 Å². The van der Waals surface area contributed by atoms with Gasteiger partial charge in [0.2, 0.25) is 5.95 Å². The number of nitrogens with zero attached hydrogens (tertiary/aromatic N) is 4. The maximum absolute atomic E-state index is 4.66. The molecule has 112 valence electrons. The van der Waals surface area contributed by atoms with Gasteiger partial charge in [0, 0.05) is 19.6 Å². The van der Waals surface area contributed by atoms with Crippen LogP contribution in [0.15, 0.2) is 19.0 Å². The lowest BCUT2D eigenvalue weighted by molar-refractivity contribution is 0.420. The molecule has 0 aliphatic heterocycles. The molecule has 2 heterocycles. The molecule has 1 fully saturated rings. The van der Waals surface area contributed by atoms with Crippen LogP contribution < -0.4 is 10.2 Å². The summed E-state index contributed by atoms with van der Waals surface area (Å²) in [7, 11) is 1.83. The summed E-state index contributed by atoms with van der Waals surface area (Å²) in [6.07, 6.45) is 9.93. The molecule has 2 aromatic heterocycles. The van der Waals surface area contributed by atoms with Crippen LogP contribution in [-0.2, 0) is 0 Å². The van der Waals surface area contributed by atoms with E-state index < -0.39 is 0 Å². The average Bonchev–Trinajstić information content (AvgIpc) is 3.01. The fraction of sp³-hybridized carbons (Fsp3) is 0.533. The molecule has 0 radical (unpaired) electrons. The van der Waals surface area contributed by atoms with Gasteiger partial charge in [0.05, 0.1) is 6.33 Å². The van der Waals surface area contributed by atoms with E-state index in [0.717, 1.165) is 23.5 Å². The smallest absolute Gasteiger partial charge is 0.226 e. The zero-order valence-electron chi connectivity index (χ0n) is 12.5. The van der Waals surface area contributed by atoms with Gasteiger partial charge in [0.25, 0.3) is 0 Å². The highest BCUT2D eigenvalue weighted by Gasteiger charge is 2.24. The van der Waals surface area contributed by atoms with Gasteiger partial charge in [-0.25, -0.2) is 4.98 Å². The molecule has 0 spiro atoms. The van der Waals surface area contributed by atoms with Gasteiger partial charge in [-0.05, 0) is 12.8 Å². The largest absolute Gasteiger partial charge is 0.357 e. The minimum atomic E-state index is 0.510. The van der Waals surface area contributed by atoms with Gasteiger partial charge in [-0.15, -0.1) is 6.58 Å². The van der Waals surface area contributed by atoms with E-state index in [4.69, 9.17) is 0 Å². The number of rotatable bonds is 5. The Morgan fingerprint density at radius 1 is 1.38 bits per heavy atom. The first-order valence-corrected chi connectivity index (χ1v) is 7.60. The van der Waals surface area contributed by atoms with Crippen LogP contribution in [0.25, 0.3) is 11.2 Å². The number of hydrogen-bond acceptors (Lipinski definition) is 5. The Bertz CT molecular complexity index is 614. The quantitative estimate of drug-likeness (QED) is 0.827. The molecule has 6 nitrogen and oxygen atoms in total. The third-order valence-corrected chi connectivity index (χ3v) is 4.10. The summed E-state index contributed by atoms with van der Waals surface area (Å²) >= 11 is 0. The zero-order chi connectivity index (χ0) is 14.7. The molecule has 6 heteroatoms. The van der Waals surface area contributed by atoms with Crippen molar-refractivity contribution >= 4 is 22.9 Å². The van der Waals surface area contributed by atoms with Gasteiger partial charge >= 0.3 is 0 Å². The summed E-state index contributed by atoms with van der Waals surface area (Å²) in [6.45, 7) is 4.69. The Hall–Kier alpha value is -2.11.